The van der Waals surface area contributed by atoms with Crippen LogP contribution in [0.1, 0.15) is 32.8 Å². The highest BCUT2D eigenvalue weighted by Crippen LogP contribution is 2.11. The smallest absolute Gasteiger partial charge is 0.238 e. The number of rotatable bonds is 8. The monoisotopic (exact) mass is 327 g/mol. The Morgan fingerprint density at radius 3 is 2.32 bits per heavy atom. The molecule has 0 saturated carbocycles. The van der Waals surface area contributed by atoms with Gasteiger partial charge in [-0.3, -0.25) is 4.79 Å². The molecule has 5 nitrogen and oxygen atoms in total. The minimum Gasteiger partial charge on any atom is -0.494 e. The Balaban J connectivity index is 2.29. The zero-order chi connectivity index (χ0) is 16.8. The number of sulfone groups is 1. The number of nitrogens with one attached hydrogen (secondary N) is 1. The van der Waals surface area contributed by atoms with E-state index in [9.17, 15) is 13.2 Å². The number of aryl methyl sites for hydroxylation is 1. The second-order valence-corrected chi connectivity index (χ2v) is 8.41. The van der Waals surface area contributed by atoms with Crippen LogP contribution in [0.4, 0.5) is 0 Å². The largest absolute Gasteiger partial charge is 0.494 e. The van der Waals surface area contributed by atoms with Gasteiger partial charge in [-0.15, -0.1) is 0 Å². The second kappa shape index (κ2) is 8.17. The van der Waals surface area contributed by atoms with Crippen LogP contribution >= 0.6 is 0 Å². The molecule has 1 aromatic carbocycles. The zero-order valence-corrected chi connectivity index (χ0v) is 14.4. The maximum absolute atomic E-state index is 11.9. The third-order valence-electron chi connectivity index (χ3n) is 3.43. The van der Waals surface area contributed by atoms with Crippen LogP contribution in [0, 0.1) is 6.92 Å². The number of ether oxygens (including phenoxy) is 1. The summed E-state index contributed by atoms with van der Waals surface area (Å²) in [5.74, 6) is 0.330. The first kappa shape index (κ1) is 18.5. The summed E-state index contributed by atoms with van der Waals surface area (Å²) in [4.78, 5) is 11.8. The lowest BCUT2D eigenvalue weighted by Crippen LogP contribution is -2.41. The van der Waals surface area contributed by atoms with Crippen LogP contribution in [0.3, 0.4) is 0 Å². The minimum atomic E-state index is -3.41. The highest BCUT2D eigenvalue weighted by molar-refractivity contribution is 7.93. The van der Waals surface area contributed by atoms with Crippen LogP contribution in [0.25, 0.3) is 0 Å². The Morgan fingerprint density at radius 1 is 1.18 bits per heavy atom. The van der Waals surface area contributed by atoms with Gasteiger partial charge in [0.05, 0.1) is 11.9 Å². The molecule has 1 aromatic rings. The molecule has 6 heteroatoms. The first-order valence-electron chi connectivity index (χ1n) is 7.45. The number of amides is 1. The highest BCUT2D eigenvalue weighted by Gasteiger charge is 2.30. The van der Waals surface area contributed by atoms with Crippen molar-refractivity contribution >= 4 is 15.7 Å². The van der Waals surface area contributed by atoms with Crippen molar-refractivity contribution in [3.63, 3.8) is 0 Å². The fourth-order valence-corrected chi connectivity index (χ4v) is 3.01. The van der Waals surface area contributed by atoms with E-state index in [-0.39, 0.29) is 0 Å². The lowest BCUT2D eigenvalue weighted by molar-refractivity contribution is -0.120. The van der Waals surface area contributed by atoms with Crippen molar-refractivity contribution in [1.82, 2.24) is 5.32 Å². The van der Waals surface area contributed by atoms with Crippen LogP contribution in [0.15, 0.2) is 24.3 Å². The second-order valence-electron chi connectivity index (χ2n) is 5.59. The Labute approximate surface area is 133 Å². The molecule has 22 heavy (non-hydrogen) atoms. The SMILES string of the molecule is Cc1ccc(OCCCNC(=O)C(C)S(=O)(=O)C(C)C)cc1. The minimum absolute atomic E-state index is 0.392. The topological polar surface area (TPSA) is 72.5 Å². The third-order valence-corrected chi connectivity index (χ3v) is 5.94. The van der Waals surface area contributed by atoms with Crippen LogP contribution in [-0.2, 0) is 14.6 Å². The molecule has 0 saturated heterocycles. The van der Waals surface area contributed by atoms with Crippen molar-refractivity contribution in [1.29, 1.82) is 0 Å². The molecule has 1 amide bonds. The van der Waals surface area contributed by atoms with Gasteiger partial charge in [-0.2, -0.15) is 0 Å². The summed E-state index contributed by atoms with van der Waals surface area (Å²) in [5.41, 5.74) is 1.17. The van der Waals surface area contributed by atoms with Crippen molar-refractivity contribution in [2.45, 2.75) is 44.6 Å². The fourth-order valence-electron chi connectivity index (χ4n) is 1.81. The molecule has 0 spiro atoms. The standard InChI is InChI=1S/C16H25NO4S/c1-12(2)22(19,20)14(4)16(18)17-10-5-11-21-15-8-6-13(3)7-9-15/h6-9,12,14H,5,10-11H2,1-4H3,(H,17,18). The predicted molar refractivity (Wildman–Crippen MR) is 87.8 cm³/mol. The van der Waals surface area contributed by atoms with E-state index < -0.39 is 26.2 Å². The number of benzene rings is 1. The lowest BCUT2D eigenvalue weighted by atomic mass is 10.2. The Bertz CT molecular complexity index is 579. The van der Waals surface area contributed by atoms with Gasteiger partial charge in [0.25, 0.3) is 0 Å². The maximum atomic E-state index is 11.9. The van der Waals surface area contributed by atoms with Crippen molar-refractivity contribution in [2.24, 2.45) is 0 Å². The molecule has 0 radical (unpaired) electrons. The van der Waals surface area contributed by atoms with Gasteiger partial charge in [0.1, 0.15) is 11.0 Å². The molecule has 1 rings (SSSR count). The number of carbonyl (C=O) groups is 1. The first-order chi connectivity index (χ1) is 10.2. The zero-order valence-electron chi connectivity index (χ0n) is 13.6. The van der Waals surface area contributed by atoms with Gasteiger partial charge < -0.3 is 10.1 Å². The van der Waals surface area contributed by atoms with Gasteiger partial charge in [0, 0.05) is 6.54 Å². The summed E-state index contributed by atoms with van der Waals surface area (Å²) < 4.78 is 29.3. The molecule has 0 aliphatic heterocycles. The van der Waals surface area contributed by atoms with Crippen LogP contribution < -0.4 is 10.1 Å². The van der Waals surface area contributed by atoms with E-state index in [1.54, 1.807) is 13.8 Å². The van der Waals surface area contributed by atoms with Gasteiger partial charge >= 0.3 is 0 Å². The van der Waals surface area contributed by atoms with Crippen LogP contribution in [0.2, 0.25) is 0 Å². The number of hydrogen-bond acceptors (Lipinski definition) is 4. The Hall–Kier alpha value is -1.56. The summed E-state index contributed by atoms with van der Waals surface area (Å²) in [6.07, 6.45) is 0.619. The van der Waals surface area contributed by atoms with E-state index in [0.717, 1.165) is 5.75 Å². The molecule has 1 unspecified atom stereocenters. The molecule has 0 aromatic heterocycles. The van der Waals surface area contributed by atoms with Gasteiger partial charge in [0.15, 0.2) is 9.84 Å². The van der Waals surface area contributed by atoms with Gasteiger partial charge in [-0.25, -0.2) is 8.42 Å². The molecule has 0 bridgehead atoms. The predicted octanol–water partition coefficient (Wildman–Crippen LogP) is 2.09. The molecule has 1 N–H and O–H groups in total. The summed E-state index contributed by atoms with van der Waals surface area (Å²) in [6, 6.07) is 7.72. The average molecular weight is 327 g/mol. The lowest BCUT2D eigenvalue weighted by Gasteiger charge is -2.15. The van der Waals surface area contributed by atoms with Crippen molar-refractivity contribution < 1.29 is 17.9 Å². The van der Waals surface area contributed by atoms with Crippen molar-refractivity contribution in [2.75, 3.05) is 13.2 Å². The van der Waals surface area contributed by atoms with Crippen molar-refractivity contribution in [3.05, 3.63) is 29.8 Å². The highest BCUT2D eigenvalue weighted by atomic mass is 32.2. The molecule has 0 heterocycles. The molecule has 124 valence electrons. The van der Waals surface area contributed by atoms with E-state index in [1.807, 2.05) is 31.2 Å². The molecule has 0 aliphatic carbocycles. The van der Waals surface area contributed by atoms with E-state index in [0.29, 0.717) is 19.6 Å². The summed E-state index contributed by atoms with van der Waals surface area (Å²) in [5, 5.41) is 1.06. The van der Waals surface area contributed by atoms with Gasteiger partial charge in [0.2, 0.25) is 5.91 Å². The normalized spacial score (nSPS) is 13.0. The number of hydrogen-bond donors (Lipinski definition) is 1. The first-order valence-corrected chi connectivity index (χ1v) is 9.06. The molecular formula is C16H25NO4S. The third kappa shape index (κ3) is 5.33. The van der Waals surface area contributed by atoms with E-state index in [1.165, 1.54) is 12.5 Å². The van der Waals surface area contributed by atoms with E-state index in [2.05, 4.69) is 5.32 Å². The summed E-state index contributed by atoms with van der Waals surface area (Å²) >= 11 is 0. The molecular weight excluding hydrogens is 302 g/mol. The van der Waals surface area contributed by atoms with Gasteiger partial charge in [-0.05, 0) is 46.2 Å². The quantitative estimate of drug-likeness (QED) is 0.742. The van der Waals surface area contributed by atoms with E-state index >= 15 is 0 Å². The Morgan fingerprint density at radius 2 is 1.77 bits per heavy atom. The maximum Gasteiger partial charge on any atom is 0.238 e. The molecule has 0 fully saturated rings. The van der Waals surface area contributed by atoms with Crippen molar-refractivity contribution in [3.8, 4) is 5.75 Å². The van der Waals surface area contributed by atoms with Crippen LogP contribution in [-0.4, -0.2) is 38.0 Å². The molecule has 1 atom stereocenters. The van der Waals surface area contributed by atoms with E-state index in [4.69, 9.17) is 4.74 Å². The average Bonchev–Trinajstić information content (AvgIpc) is 2.47. The summed E-state index contributed by atoms with van der Waals surface area (Å²) in [7, 11) is -3.41. The molecule has 0 aliphatic rings. The Kier molecular flexibility index (Phi) is 6.87. The summed E-state index contributed by atoms with van der Waals surface area (Å²) in [6.45, 7) is 7.44. The van der Waals surface area contributed by atoms with Gasteiger partial charge in [-0.1, -0.05) is 17.7 Å². The fraction of sp³-hybridized carbons (Fsp3) is 0.562. The van der Waals surface area contributed by atoms with Crippen LogP contribution in [0.5, 0.6) is 5.75 Å². The number of carbonyl (C=O) groups excluding carboxylic acids is 1.